The van der Waals surface area contributed by atoms with Gasteiger partial charge in [-0.2, -0.15) is 0 Å². The number of hydrogen-bond donors (Lipinski definition) is 0. The quantitative estimate of drug-likeness (QED) is 0.444. The van der Waals surface area contributed by atoms with Crippen molar-refractivity contribution in [1.82, 2.24) is 30.0 Å². The Hall–Kier alpha value is -2.32. The molecule has 0 aliphatic heterocycles. The average Bonchev–Trinajstić information content (AvgIpc) is 2.96. The monoisotopic (exact) mass is 236 g/mol. The first-order chi connectivity index (χ1) is 8.22. The van der Waals surface area contributed by atoms with Gasteiger partial charge in [-0.25, -0.2) is 4.68 Å². The van der Waals surface area contributed by atoms with Crippen LogP contribution in [0.3, 0.4) is 0 Å². The van der Waals surface area contributed by atoms with Crippen molar-refractivity contribution in [3.05, 3.63) is 17.6 Å². The fourth-order valence-electron chi connectivity index (χ4n) is 1.16. The van der Waals surface area contributed by atoms with Gasteiger partial charge in [-0.05, 0) is 13.8 Å². The van der Waals surface area contributed by atoms with Gasteiger partial charge in [0, 0.05) is 13.1 Å². The van der Waals surface area contributed by atoms with Crippen molar-refractivity contribution < 1.29 is 4.86 Å². The molecule has 0 aromatic carbocycles. The Kier molecular flexibility index (Phi) is 3.08. The molecular weight excluding hydrogens is 224 g/mol. The average molecular weight is 236 g/mol. The van der Waals surface area contributed by atoms with Gasteiger partial charge in [-0.3, -0.25) is 4.68 Å². The molecule has 0 aliphatic rings. The standard InChI is InChI=1S/C8H12N8O/c1-3-14-5-7(9-12-14)11-16(17)8-6-15(4-2)13-10-8/h5-6H,3-4H2,1-2H3. The Morgan fingerprint density at radius 1 is 1.18 bits per heavy atom. The van der Waals surface area contributed by atoms with Gasteiger partial charge in [0.1, 0.15) is 11.3 Å². The lowest BCUT2D eigenvalue weighted by molar-refractivity contribution is -0.440. The van der Waals surface area contributed by atoms with Crippen LogP contribution in [0.4, 0.5) is 11.6 Å². The summed E-state index contributed by atoms with van der Waals surface area (Å²) in [5.74, 6) is 0.366. The largest absolute Gasteiger partial charge is 0.690 e. The third-order valence-electron chi connectivity index (χ3n) is 2.09. The van der Waals surface area contributed by atoms with E-state index in [9.17, 15) is 5.21 Å². The maximum absolute atomic E-state index is 11.6. The van der Waals surface area contributed by atoms with Gasteiger partial charge in [0.05, 0.1) is 11.4 Å². The van der Waals surface area contributed by atoms with E-state index in [1.54, 1.807) is 15.6 Å². The predicted octanol–water partition coefficient (Wildman–Crippen LogP) is 0.835. The number of nitrogens with zero attached hydrogens (tertiary/aromatic N) is 8. The summed E-state index contributed by atoms with van der Waals surface area (Å²) in [6.45, 7) is 5.14. The van der Waals surface area contributed by atoms with Crippen LogP contribution in [0, 0.1) is 5.21 Å². The molecule has 0 fully saturated rings. The van der Waals surface area contributed by atoms with Crippen LogP contribution in [-0.2, 0) is 13.1 Å². The zero-order valence-electron chi connectivity index (χ0n) is 9.55. The van der Waals surface area contributed by atoms with E-state index >= 15 is 0 Å². The normalized spacial score (nSPS) is 12.0. The second kappa shape index (κ2) is 4.68. The molecule has 90 valence electrons. The lowest BCUT2D eigenvalue weighted by atomic mass is 10.7. The first-order valence-corrected chi connectivity index (χ1v) is 5.22. The summed E-state index contributed by atoms with van der Waals surface area (Å²) in [6, 6.07) is 0. The molecule has 0 bridgehead atoms. The highest BCUT2D eigenvalue weighted by Gasteiger charge is 2.11. The molecule has 9 heteroatoms. The van der Waals surface area contributed by atoms with Crippen molar-refractivity contribution in [3.63, 3.8) is 0 Å². The molecule has 0 amide bonds. The molecular formula is C8H12N8O. The van der Waals surface area contributed by atoms with Crippen LogP contribution < -0.4 is 0 Å². The summed E-state index contributed by atoms with van der Waals surface area (Å²) in [5, 5.41) is 30.2. The van der Waals surface area contributed by atoms with E-state index in [4.69, 9.17) is 0 Å². The van der Waals surface area contributed by atoms with Crippen LogP contribution >= 0.6 is 0 Å². The zero-order chi connectivity index (χ0) is 12.3. The Labute approximate surface area is 96.9 Å². The van der Waals surface area contributed by atoms with E-state index in [-0.39, 0.29) is 11.6 Å². The SMILES string of the molecule is CCn1cc(N=[N+]([O-])c2cn(CC)nn2)nn1. The van der Waals surface area contributed by atoms with E-state index in [1.165, 1.54) is 6.20 Å². The minimum atomic E-state index is 0.123. The summed E-state index contributed by atoms with van der Waals surface area (Å²) in [7, 11) is 0. The van der Waals surface area contributed by atoms with Crippen LogP contribution in [0.5, 0.6) is 0 Å². The van der Waals surface area contributed by atoms with E-state index in [1.807, 2.05) is 13.8 Å². The van der Waals surface area contributed by atoms with Gasteiger partial charge < -0.3 is 5.21 Å². The van der Waals surface area contributed by atoms with Gasteiger partial charge >= 0.3 is 5.82 Å². The molecule has 2 heterocycles. The molecule has 2 rings (SSSR count). The van der Waals surface area contributed by atoms with Crippen LogP contribution in [-0.4, -0.2) is 34.8 Å². The molecule has 0 atom stereocenters. The highest BCUT2D eigenvalue weighted by molar-refractivity contribution is 5.18. The zero-order valence-corrected chi connectivity index (χ0v) is 9.55. The molecule has 0 radical (unpaired) electrons. The maximum atomic E-state index is 11.6. The second-order valence-electron chi connectivity index (χ2n) is 3.24. The molecule has 2 aromatic heterocycles. The van der Waals surface area contributed by atoms with Crippen molar-refractivity contribution in [2.75, 3.05) is 0 Å². The van der Waals surface area contributed by atoms with E-state index in [0.717, 1.165) is 0 Å². The fraction of sp³-hybridized carbons (Fsp3) is 0.500. The minimum absolute atomic E-state index is 0.123. The molecule has 0 aliphatic carbocycles. The van der Waals surface area contributed by atoms with Gasteiger partial charge in [-0.1, -0.05) is 10.3 Å². The van der Waals surface area contributed by atoms with Crippen molar-refractivity contribution in [1.29, 1.82) is 0 Å². The molecule has 0 saturated heterocycles. The number of rotatable bonds is 4. The van der Waals surface area contributed by atoms with Crippen molar-refractivity contribution >= 4 is 11.6 Å². The van der Waals surface area contributed by atoms with Crippen molar-refractivity contribution in [3.8, 4) is 0 Å². The summed E-state index contributed by atoms with van der Waals surface area (Å²) in [6.07, 6.45) is 3.09. The number of azo groups is 1. The molecule has 0 saturated carbocycles. The Balaban J connectivity index is 2.20. The highest BCUT2D eigenvalue weighted by atomic mass is 16.5. The summed E-state index contributed by atoms with van der Waals surface area (Å²) in [4.78, 5) is 0.378. The first-order valence-electron chi connectivity index (χ1n) is 5.22. The second-order valence-corrected chi connectivity index (χ2v) is 3.24. The summed E-state index contributed by atoms with van der Waals surface area (Å²) in [5.41, 5.74) is 0. The molecule has 9 nitrogen and oxygen atoms in total. The minimum Gasteiger partial charge on any atom is -0.690 e. The summed E-state index contributed by atoms with van der Waals surface area (Å²) >= 11 is 0. The van der Waals surface area contributed by atoms with Crippen LogP contribution in [0.25, 0.3) is 0 Å². The third kappa shape index (κ3) is 2.44. The van der Waals surface area contributed by atoms with E-state index in [2.05, 4.69) is 25.7 Å². The third-order valence-corrected chi connectivity index (χ3v) is 2.09. The Morgan fingerprint density at radius 3 is 2.41 bits per heavy atom. The van der Waals surface area contributed by atoms with E-state index < -0.39 is 0 Å². The summed E-state index contributed by atoms with van der Waals surface area (Å²) < 4.78 is 3.12. The lowest BCUT2D eigenvalue weighted by Gasteiger charge is -1.96. The number of aryl methyl sites for hydroxylation is 2. The molecule has 17 heavy (non-hydrogen) atoms. The molecule has 0 spiro atoms. The Morgan fingerprint density at radius 2 is 1.82 bits per heavy atom. The Bertz CT molecular complexity index is 527. The topological polar surface area (TPSA) is 99.8 Å². The lowest BCUT2D eigenvalue weighted by Crippen LogP contribution is -1.93. The van der Waals surface area contributed by atoms with Gasteiger partial charge in [0.2, 0.25) is 5.82 Å². The predicted molar refractivity (Wildman–Crippen MR) is 56.8 cm³/mol. The molecule has 0 unspecified atom stereocenters. The van der Waals surface area contributed by atoms with Gasteiger partial charge in [-0.15, -0.1) is 9.96 Å². The van der Waals surface area contributed by atoms with E-state index in [0.29, 0.717) is 18.0 Å². The smallest absolute Gasteiger partial charge is 0.394 e. The maximum Gasteiger partial charge on any atom is 0.394 e. The fourth-order valence-corrected chi connectivity index (χ4v) is 1.16. The molecule has 0 N–H and O–H groups in total. The van der Waals surface area contributed by atoms with Crippen LogP contribution in [0.2, 0.25) is 0 Å². The van der Waals surface area contributed by atoms with Crippen molar-refractivity contribution in [2.45, 2.75) is 26.9 Å². The highest BCUT2D eigenvalue weighted by Crippen LogP contribution is 2.11. The number of hydrogen-bond acceptors (Lipinski definition) is 6. The first kappa shape index (κ1) is 11.2. The molecule has 2 aromatic rings. The van der Waals surface area contributed by atoms with Gasteiger partial charge in [0.15, 0.2) is 0 Å². The number of aromatic nitrogens is 6. The van der Waals surface area contributed by atoms with Crippen LogP contribution in [0.1, 0.15) is 13.8 Å². The van der Waals surface area contributed by atoms with Crippen molar-refractivity contribution in [2.24, 2.45) is 5.11 Å². The van der Waals surface area contributed by atoms with Crippen LogP contribution in [0.15, 0.2) is 17.5 Å². The van der Waals surface area contributed by atoms with Gasteiger partial charge in [0.25, 0.3) is 0 Å².